The van der Waals surface area contributed by atoms with E-state index in [4.69, 9.17) is 16.3 Å². The van der Waals surface area contributed by atoms with Crippen molar-refractivity contribution in [1.82, 2.24) is 9.88 Å². The molecule has 0 saturated carbocycles. The second-order valence-corrected chi connectivity index (χ2v) is 7.52. The summed E-state index contributed by atoms with van der Waals surface area (Å²) in [4.78, 5) is 18.5. The van der Waals surface area contributed by atoms with Crippen molar-refractivity contribution in [3.8, 4) is 11.6 Å². The van der Waals surface area contributed by atoms with E-state index in [0.29, 0.717) is 15.6 Å². The Bertz CT molecular complexity index is 1070. The molecule has 2 heterocycles. The molecular formula is C20H12BrClF2N2O2. The first-order valence-corrected chi connectivity index (χ1v) is 9.44. The molecule has 0 saturated heterocycles. The van der Waals surface area contributed by atoms with Gasteiger partial charge in [0.15, 0.2) is 11.6 Å². The maximum absolute atomic E-state index is 14.2. The van der Waals surface area contributed by atoms with E-state index in [-0.39, 0.29) is 41.2 Å². The summed E-state index contributed by atoms with van der Waals surface area (Å²) in [6.07, 6.45) is 1.47. The quantitative estimate of drug-likeness (QED) is 0.495. The molecule has 28 heavy (non-hydrogen) atoms. The van der Waals surface area contributed by atoms with Crippen molar-refractivity contribution in [2.75, 3.05) is 0 Å². The van der Waals surface area contributed by atoms with Crippen LogP contribution in [0.25, 0.3) is 0 Å². The average molecular weight is 466 g/mol. The van der Waals surface area contributed by atoms with Crippen LogP contribution in [-0.2, 0) is 13.1 Å². The van der Waals surface area contributed by atoms with E-state index >= 15 is 0 Å². The molecule has 142 valence electrons. The number of hydrogen-bond acceptors (Lipinski definition) is 3. The predicted octanol–water partition coefficient (Wildman–Crippen LogP) is 5.72. The summed E-state index contributed by atoms with van der Waals surface area (Å²) in [5.74, 6) is -1.67. The van der Waals surface area contributed by atoms with Crippen LogP contribution in [0.3, 0.4) is 0 Å². The molecule has 4 rings (SSSR count). The summed E-state index contributed by atoms with van der Waals surface area (Å²) in [6, 6.07) is 10.5. The van der Waals surface area contributed by atoms with E-state index in [2.05, 4.69) is 20.9 Å². The van der Waals surface area contributed by atoms with Crippen molar-refractivity contribution >= 4 is 33.4 Å². The van der Waals surface area contributed by atoms with Crippen molar-refractivity contribution < 1.29 is 18.3 Å². The largest absolute Gasteiger partial charge is 0.433 e. The molecule has 2 aromatic carbocycles. The fraction of sp³-hybridized carbons (Fsp3) is 0.100. The van der Waals surface area contributed by atoms with Crippen LogP contribution in [0.5, 0.6) is 11.6 Å². The number of hydrogen-bond donors (Lipinski definition) is 0. The van der Waals surface area contributed by atoms with Crippen LogP contribution < -0.4 is 4.74 Å². The summed E-state index contributed by atoms with van der Waals surface area (Å²) in [6.45, 7) is 0.361. The molecule has 4 nitrogen and oxygen atoms in total. The van der Waals surface area contributed by atoms with Crippen LogP contribution >= 0.6 is 27.5 Å². The number of pyridine rings is 1. The van der Waals surface area contributed by atoms with Gasteiger partial charge >= 0.3 is 0 Å². The fourth-order valence-corrected chi connectivity index (χ4v) is 3.55. The predicted molar refractivity (Wildman–Crippen MR) is 103 cm³/mol. The van der Waals surface area contributed by atoms with Gasteiger partial charge in [0.05, 0.1) is 5.02 Å². The number of nitrogens with zero attached hydrogens (tertiary/aromatic N) is 2. The lowest BCUT2D eigenvalue weighted by Gasteiger charge is -2.16. The first-order valence-electron chi connectivity index (χ1n) is 8.27. The van der Waals surface area contributed by atoms with Crippen molar-refractivity contribution in [3.63, 3.8) is 0 Å². The van der Waals surface area contributed by atoms with Crippen molar-refractivity contribution in [1.29, 1.82) is 0 Å². The minimum absolute atomic E-state index is 0.0340. The Morgan fingerprint density at radius 3 is 2.75 bits per heavy atom. The molecule has 0 N–H and O–H groups in total. The van der Waals surface area contributed by atoms with E-state index in [9.17, 15) is 13.6 Å². The Morgan fingerprint density at radius 2 is 2.00 bits per heavy atom. The second-order valence-electron chi connectivity index (χ2n) is 6.20. The van der Waals surface area contributed by atoms with Crippen molar-refractivity contribution in [2.45, 2.75) is 13.1 Å². The lowest BCUT2D eigenvalue weighted by atomic mass is 10.2. The lowest BCUT2D eigenvalue weighted by molar-refractivity contribution is 0.0763. The lowest BCUT2D eigenvalue weighted by Crippen LogP contribution is -2.24. The molecule has 0 spiro atoms. The number of benzene rings is 2. The number of ether oxygens (including phenoxy) is 1. The van der Waals surface area contributed by atoms with Crippen molar-refractivity contribution in [3.05, 3.63) is 86.5 Å². The zero-order valence-corrected chi connectivity index (χ0v) is 16.6. The first-order chi connectivity index (χ1) is 13.4. The summed E-state index contributed by atoms with van der Waals surface area (Å²) in [5, 5.41) is 0.0682. The maximum atomic E-state index is 14.2. The molecule has 1 aliphatic rings. The Kier molecular flexibility index (Phi) is 5.03. The van der Waals surface area contributed by atoms with Gasteiger partial charge in [-0.1, -0.05) is 39.7 Å². The minimum atomic E-state index is -0.661. The third kappa shape index (κ3) is 3.47. The van der Waals surface area contributed by atoms with Gasteiger partial charge in [0, 0.05) is 29.3 Å². The normalized spacial score (nSPS) is 13.0. The standard InChI is InChI=1S/C20H12BrClF2N2O2/c21-13-5-4-11(16(24)8-13)9-26-10-12-6-7-25-19(17(12)20(26)27)28-18-14(22)2-1-3-15(18)23/h1-8H,9-10H2. The van der Waals surface area contributed by atoms with Gasteiger partial charge in [0.2, 0.25) is 5.88 Å². The zero-order chi connectivity index (χ0) is 19.8. The molecule has 0 atom stereocenters. The van der Waals surface area contributed by atoms with Crippen LogP contribution in [0.15, 0.2) is 53.1 Å². The SMILES string of the molecule is O=C1c2c(ccnc2Oc2c(F)cccc2Cl)CN1Cc1ccc(Br)cc1F. The minimum Gasteiger partial charge on any atom is -0.433 e. The van der Waals surface area contributed by atoms with E-state index < -0.39 is 11.6 Å². The molecule has 0 fully saturated rings. The van der Waals surface area contributed by atoms with Crippen LogP contribution in [0.1, 0.15) is 21.5 Å². The third-order valence-corrected chi connectivity index (χ3v) is 5.15. The van der Waals surface area contributed by atoms with Gasteiger partial charge in [0.1, 0.15) is 11.4 Å². The third-order valence-electron chi connectivity index (χ3n) is 4.36. The van der Waals surface area contributed by atoms with Gasteiger partial charge in [0.25, 0.3) is 5.91 Å². The number of fused-ring (bicyclic) bond motifs is 1. The smallest absolute Gasteiger partial charge is 0.260 e. The van der Waals surface area contributed by atoms with Gasteiger partial charge in [-0.3, -0.25) is 4.79 Å². The van der Waals surface area contributed by atoms with Gasteiger partial charge < -0.3 is 9.64 Å². The Hall–Kier alpha value is -2.51. The highest BCUT2D eigenvalue weighted by Crippen LogP contribution is 2.36. The van der Waals surface area contributed by atoms with E-state index in [1.54, 1.807) is 18.2 Å². The fourth-order valence-electron chi connectivity index (χ4n) is 3.01. The van der Waals surface area contributed by atoms with Gasteiger partial charge in [-0.25, -0.2) is 13.8 Å². The summed E-state index contributed by atoms with van der Waals surface area (Å²) in [5.41, 5.74) is 1.27. The van der Waals surface area contributed by atoms with Crippen LogP contribution in [-0.4, -0.2) is 15.8 Å². The van der Waals surface area contributed by atoms with Crippen LogP contribution in [0, 0.1) is 11.6 Å². The first kappa shape index (κ1) is 18.8. The van der Waals surface area contributed by atoms with E-state index in [1.807, 2.05) is 0 Å². The zero-order valence-electron chi connectivity index (χ0n) is 14.3. The maximum Gasteiger partial charge on any atom is 0.260 e. The monoisotopic (exact) mass is 464 g/mol. The molecule has 3 aromatic rings. The molecular weight excluding hydrogens is 454 g/mol. The van der Waals surface area contributed by atoms with Crippen LogP contribution in [0.4, 0.5) is 8.78 Å². The average Bonchev–Trinajstić information content (AvgIpc) is 2.97. The number of carbonyl (C=O) groups excluding carboxylic acids is 1. The van der Waals surface area contributed by atoms with Crippen LogP contribution in [0.2, 0.25) is 5.02 Å². The highest BCUT2D eigenvalue weighted by Gasteiger charge is 2.32. The molecule has 0 bridgehead atoms. The Balaban J connectivity index is 1.64. The second kappa shape index (κ2) is 7.48. The number of rotatable bonds is 4. The van der Waals surface area contributed by atoms with Gasteiger partial charge in [-0.2, -0.15) is 0 Å². The highest BCUT2D eigenvalue weighted by atomic mass is 79.9. The molecule has 1 aliphatic heterocycles. The van der Waals surface area contributed by atoms with E-state index in [0.717, 1.165) is 0 Å². The Morgan fingerprint density at radius 1 is 1.18 bits per heavy atom. The van der Waals surface area contributed by atoms with Crippen molar-refractivity contribution in [2.24, 2.45) is 0 Å². The highest BCUT2D eigenvalue weighted by molar-refractivity contribution is 9.10. The number of para-hydroxylation sites is 1. The number of amides is 1. The number of halogens is 4. The summed E-state index contributed by atoms with van der Waals surface area (Å²) < 4.78 is 34.4. The van der Waals surface area contributed by atoms with E-state index in [1.165, 1.54) is 35.4 Å². The number of aromatic nitrogens is 1. The summed E-state index contributed by atoms with van der Waals surface area (Å²) >= 11 is 9.21. The number of carbonyl (C=O) groups is 1. The Labute approximate surface area is 172 Å². The molecule has 8 heteroatoms. The van der Waals surface area contributed by atoms with Gasteiger partial charge in [-0.05, 0) is 35.9 Å². The molecule has 1 amide bonds. The molecule has 0 radical (unpaired) electrons. The van der Waals surface area contributed by atoms with Gasteiger partial charge in [-0.15, -0.1) is 0 Å². The topological polar surface area (TPSA) is 42.4 Å². The molecule has 0 unspecified atom stereocenters. The molecule has 0 aliphatic carbocycles. The summed E-state index contributed by atoms with van der Waals surface area (Å²) in [7, 11) is 0. The molecule has 1 aromatic heterocycles.